The van der Waals surface area contributed by atoms with Crippen molar-refractivity contribution >= 4 is 55.2 Å². The predicted octanol–water partition coefficient (Wildman–Crippen LogP) is 9.12. The van der Waals surface area contributed by atoms with Crippen molar-refractivity contribution in [3.05, 3.63) is 84.6 Å². The molecule has 0 spiro atoms. The maximum atomic E-state index is 6.66. The van der Waals surface area contributed by atoms with Crippen molar-refractivity contribution in [2.24, 2.45) is 0 Å². The lowest BCUT2D eigenvalue weighted by molar-refractivity contribution is 0.589. The van der Waals surface area contributed by atoms with Crippen LogP contribution in [0.2, 0.25) is 0 Å². The molecule has 4 aromatic carbocycles. The van der Waals surface area contributed by atoms with Crippen LogP contribution in [-0.2, 0) is 0 Å². The first kappa shape index (κ1) is 23.0. The van der Waals surface area contributed by atoms with Crippen LogP contribution in [0.1, 0.15) is 50.7 Å². The molecule has 0 bridgehead atoms. The van der Waals surface area contributed by atoms with E-state index in [1.165, 1.54) is 23.9 Å². The second kappa shape index (κ2) is 8.29. The topological polar surface area (TPSA) is 83.0 Å². The van der Waals surface area contributed by atoms with Gasteiger partial charge in [0, 0.05) is 5.39 Å². The molecule has 0 fully saturated rings. The number of hydrogen-bond acceptors (Lipinski definition) is 6. The number of nitrogens with zero attached hydrogens (tertiary/aromatic N) is 4. The van der Waals surface area contributed by atoms with E-state index in [1.807, 2.05) is 24.3 Å². The summed E-state index contributed by atoms with van der Waals surface area (Å²) in [6.45, 7) is 8.95. The zero-order chi connectivity index (χ0) is 27.1. The van der Waals surface area contributed by atoms with E-state index in [4.69, 9.17) is 18.2 Å². The van der Waals surface area contributed by atoms with Gasteiger partial charge in [0.15, 0.2) is 29.5 Å². The van der Waals surface area contributed by atoms with Crippen LogP contribution in [-0.4, -0.2) is 19.5 Å². The molecule has 8 aromatic rings. The minimum atomic E-state index is 0.311. The smallest absolute Gasteiger partial charge is 0.197 e. The van der Waals surface area contributed by atoms with Gasteiger partial charge in [-0.3, -0.25) is 4.57 Å². The van der Waals surface area contributed by atoms with E-state index >= 15 is 0 Å². The second-order valence-electron chi connectivity index (χ2n) is 10.9. The van der Waals surface area contributed by atoms with Crippen LogP contribution in [0.15, 0.2) is 86.7 Å². The minimum absolute atomic E-state index is 0.311. The molecule has 0 aliphatic rings. The number of oxazole rings is 2. The highest BCUT2D eigenvalue weighted by Crippen LogP contribution is 2.44. The number of hydrogen-bond donors (Lipinski definition) is 0. The predicted molar refractivity (Wildman–Crippen MR) is 157 cm³/mol. The van der Waals surface area contributed by atoms with Gasteiger partial charge in [-0.1, -0.05) is 58.0 Å². The maximum Gasteiger partial charge on any atom is 0.197 e. The molecular formula is C33H26N4O3. The molecule has 40 heavy (non-hydrogen) atoms. The van der Waals surface area contributed by atoms with E-state index in [0.29, 0.717) is 34.2 Å². The molecule has 0 saturated heterocycles. The molecule has 7 nitrogen and oxygen atoms in total. The summed E-state index contributed by atoms with van der Waals surface area (Å²) in [5.41, 5.74) is 10.5. The average molecular weight is 527 g/mol. The SMILES string of the molecule is CC(C)c1cccc(C(C)C)c1-n1c(-c2cc3ocnc3c3c2oc2c3ccc3ncoc32)nc2ccccc21. The van der Waals surface area contributed by atoms with Crippen LogP contribution in [0.4, 0.5) is 0 Å². The quantitative estimate of drug-likeness (QED) is 0.227. The highest BCUT2D eigenvalue weighted by atomic mass is 16.4. The Kier molecular flexibility index (Phi) is 4.77. The van der Waals surface area contributed by atoms with Gasteiger partial charge in [-0.25, -0.2) is 15.0 Å². The number of imidazole rings is 1. The van der Waals surface area contributed by atoms with Gasteiger partial charge in [0.25, 0.3) is 0 Å². The number of fused-ring (bicyclic) bond motifs is 8. The average Bonchev–Trinajstić information content (AvgIpc) is 3.74. The zero-order valence-electron chi connectivity index (χ0n) is 22.6. The monoisotopic (exact) mass is 526 g/mol. The van der Waals surface area contributed by atoms with E-state index in [-0.39, 0.29) is 0 Å². The molecule has 0 N–H and O–H groups in total. The molecule has 196 valence electrons. The second-order valence-corrected chi connectivity index (χ2v) is 10.9. The molecule has 0 aliphatic heterocycles. The van der Waals surface area contributed by atoms with Gasteiger partial charge < -0.3 is 13.3 Å². The number of para-hydroxylation sites is 3. The molecule has 4 heterocycles. The minimum Gasteiger partial charge on any atom is -0.451 e. The fourth-order valence-corrected chi connectivity index (χ4v) is 6.01. The van der Waals surface area contributed by atoms with Crippen LogP contribution in [0, 0.1) is 0 Å². The van der Waals surface area contributed by atoms with Crippen LogP contribution >= 0.6 is 0 Å². The number of furan rings is 1. The summed E-state index contributed by atoms with van der Waals surface area (Å²) in [7, 11) is 0. The Morgan fingerprint density at radius 2 is 1.50 bits per heavy atom. The Morgan fingerprint density at radius 1 is 0.725 bits per heavy atom. The lowest BCUT2D eigenvalue weighted by Gasteiger charge is -2.22. The molecule has 0 unspecified atom stereocenters. The van der Waals surface area contributed by atoms with Gasteiger partial charge in [-0.2, -0.15) is 0 Å². The highest BCUT2D eigenvalue weighted by molar-refractivity contribution is 6.23. The van der Waals surface area contributed by atoms with Crippen LogP contribution in [0.3, 0.4) is 0 Å². The number of benzene rings is 4. The normalized spacial score (nSPS) is 12.4. The fourth-order valence-electron chi connectivity index (χ4n) is 6.01. The molecule has 0 amide bonds. The zero-order valence-corrected chi connectivity index (χ0v) is 22.6. The highest BCUT2D eigenvalue weighted by Gasteiger charge is 2.27. The Balaban J connectivity index is 1.57. The fraction of sp³-hybridized carbons (Fsp3) is 0.182. The van der Waals surface area contributed by atoms with E-state index in [1.54, 1.807) is 0 Å². The third kappa shape index (κ3) is 3.09. The van der Waals surface area contributed by atoms with Crippen LogP contribution < -0.4 is 0 Å². The largest absolute Gasteiger partial charge is 0.451 e. The van der Waals surface area contributed by atoms with Gasteiger partial charge in [0.05, 0.1) is 27.7 Å². The van der Waals surface area contributed by atoms with E-state index in [2.05, 4.69) is 78.6 Å². The molecule has 7 heteroatoms. The van der Waals surface area contributed by atoms with Crippen molar-refractivity contribution in [1.82, 2.24) is 19.5 Å². The third-order valence-electron chi connectivity index (χ3n) is 7.87. The van der Waals surface area contributed by atoms with Crippen molar-refractivity contribution in [3.63, 3.8) is 0 Å². The molecule has 4 aromatic heterocycles. The molecule has 8 rings (SSSR count). The Morgan fingerprint density at radius 3 is 2.30 bits per heavy atom. The van der Waals surface area contributed by atoms with Crippen molar-refractivity contribution in [1.29, 1.82) is 0 Å². The molecular weight excluding hydrogens is 500 g/mol. The molecule has 0 aliphatic carbocycles. The third-order valence-corrected chi connectivity index (χ3v) is 7.87. The summed E-state index contributed by atoms with van der Waals surface area (Å²) in [4.78, 5) is 14.1. The van der Waals surface area contributed by atoms with Crippen LogP contribution in [0.25, 0.3) is 72.2 Å². The van der Waals surface area contributed by atoms with E-state index < -0.39 is 0 Å². The Labute approximate surface area is 229 Å². The van der Waals surface area contributed by atoms with Gasteiger partial charge in [-0.15, -0.1) is 0 Å². The van der Waals surface area contributed by atoms with Crippen molar-refractivity contribution in [2.45, 2.75) is 39.5 Å². The van der Waals surface area contributed by atoms with Crippen LogP contribution in [0.5, 0.6) is 0 Å². The number of aromatic nitrogens is 4. The van der Waals surface area contributed by atoms with Gasteiger partial charge in [-0.05, 0) is 53.3 Å². The standard InChI is InChI=1S/C33H26N4O3/c1-17(2)19-8-7-9-20(18(3)4)29(19)37-25-11-6-5-10-23(25)36-33(37)22-14-26-28(35-16-38-26)27-21-12-13-24-32(39-15-34-24)31(21)40-30(22)27/h5-18H,1-4H3. The summed E-state index contributed by atoms with van der Waals surface area (Å²) in [6, 6.07) is 20.8. The van der Waals surface area contributed by atoms with Gasteiger partial charge in [0.2, 0.25) is 0 Å². The summed E-state index contributed by atoms with van der Waals surface area (Å²) >= 11 is 0. The van der Waals surface area contributed by atoms with Gasteiger partial charge >= 0.3 is 0 Å². The lowest BCUT2D eigenvalue weighted by atomic mass is 9.92. The summed E-state index contributed by atoms with van der Waals surface area (Å²) in [5, 5.41) is 1.77. The maximum absolute atomic E-state index is 6.66. The first-order valence-electron chi connectivity index (χ1n) is 13.6. The van der Waals surface area contributed by atoms with Crippen molar-refractivity contribution in [3.8, 4) is 17.1 Å². The van der Waals surface area contributed by atoms with Gasteiger partial charge in [0.1, 0.15) is 22.4 Å². The van der Waals surface area contributed by atoms with Crippen molar-refractivity contribution < 1.29 is 13.3 Å². The molecule has 0 radical (unpaired) electrons. The first-order chi connectivity index (χ1) is 19.5. The number of rotatable bonds is 4. The lowest BCUT2D eigenvalue weighted by Crippen LogP contribution is -2.08. The first-order valence-corrected chi connectivity index (χ1v) is 13.6. The van der Waals surface area contributed by atoms with E-state index in [9.17, 15) is 0 Å². The molecule has 0 saturated carbocycles. The Bertz CT molecular complexity index is 2220. The summed E-state index contributed by atoms with van der Waals surface area (Å²) < 4.78 is 20.6. The Hall–Kier alpha value is -4.91. The van der Waals surface area contributed by atoms with E-state index in [0.717, 1.165) is 49.9 Å². The van der Waals surface area contributed by atoms with Crippen molar-refractivity contribution in [2.75, 3.05) is 0 Å². The molecule has 0 atom stereocenters. The summed E-state index contributed by atoms with van der Waals surface area (Å²) in [5.74, 6) is 1.41. The summed E-state index contributed by atoms with van der Waals surface area (Å²) in [6.07, 6.45) is 2.92.